The molecule has 1 N–H and O–H groups in total. The highest BCUT2D eigenvalue weighted by atomic mass is 16.1. The molecule has 3 aromatic rings. The minimum Gasteiger partial charge on any atom is -0.349 e. The highest BCUT2D eigenvalue weighted by Gasteiger charge is 2.33. The second-order valence-electron chi connectivity index (χ2n) is 8.31. The fourth-order valence-corrected chi connectivity index (χ4v) is 4.18. The van der Waals surface area contributed by atoms with Crippen molar-refractivity contribution in [3.63, 3.8) is 0 Å². The Balaban J connectivity index is 1.57. The van der Waals surface area contributed by atoms with E-state index in [4.69, 9.17) is 0 Å². The van der Waals surface area contributed by atoms with Crippen LogP contribution < -0.4 is 10.2 Å². The molecule has 3 heterocycles. The van der Waals surface area contributed by atoms with E-state index in [0.29, 0.717) is 5.56 Å². The van der Waals surface area contributed by atoms with Crippen molar-refractivity contribution >= 4 is 11.9 Å². The molecule has 0 unspecified atom stereocenters. The third-order valence-corrected chi connectivity index (χ3v) is 5.62. The van der Waals surface area contributed by atoms with Crippen molar-refractivity contribution in [3.8, 4) is 0 Å². The number of rotatable bonds is 4. The number of anilines is 1. The third kappa shape index (κ3) is 4.35. The first kappa shape index (κ1) is 20.1. The lowest BCUT2D eigenvalue weighted by atomic mass is 9.87. The molecule has 2 atom stereocenters. The van der Waals surface area contributed by atoms with Crippen LogP contribution in [0.3, 0.4) is 0 Å². The minimum atomic E-state index is -0.0271. The largest absolute Gasteiger partial charge is 0.349 e. The van der Waals surface area contributed by atoms with Gasteiger partial charge in [0.2, 0.25) is 5.95 Å². The van der Waals surface area contributed by atoms with Crippen molar-refractivity contribution in [2.45, 2.75) is 39.2 Å². The predicted molar refractivity (Wildman–Crippen MR) is 117 cm³/mol. The van der Waals surface area contributed by atoms with Gasteiger partial charge in [-0.2, -0.15) is 5.10 Å². The van der Waals surface area contributed by atoms with Crippen molar-refractivity contribution < 1.29 is 4.79 Å². The first-order valence-electron chi connectivity index (χ1n) is 10.3. The fraction of sp³-hybridized carbons (Fsp3) is 0.391. The number of carbonyl (C=O) groups excluding carboxylic acids is 1. The van der Waals surface area contributed by atoms with Crippen LogP contribution in [-0.4, -0.2) is 44.8 Å². The van der Waals surface area contributed by atoms with E-state index in [1.807, 2.05) is 64.7 Å². The van der Waals surface area contributed by atoms with Crippen molar-refractivity contribution in [2.75, 3.05) is 18.0 Å². The molecular formula is C23H28N6O. The van der Waals surface area contributed by atoms with Crippen molar-refractivity contribution in [1.29, 1.82) is 0 Å². The van der Waals surface area contributed by atoms with E-state index in [1.165, 1.54) is 0 Å². The molecule has 7 nitrogen and oxygen atoms in total. The first-order valence-corrected chi connectivity index (χ1v) is 10.3. The molecule has 7 heteroatoms. The van der Waals surface area contributed by atoms with Gasteiger partial charge in [-0.1, -0.05) is 17.2 Å². The van der Waals surface area contributed by atoms with E-state index in [9.17, 15) is 4.79 Å². The van der Waals surface area contributed by atoms with Gasteiger partial charge >= 0.3 is 0 Å². The van der Waals surface area contributed by atoms with Gasteiger partial charge in [0, 0.05) is 56.3 Å². The number of benzene rings is 1. The highest BCUT2D eigenvalue weighted by Crippen LogP contribution is 2.29. The lowest BCUT2D eigenvalue weighted by Gasteiger charge is -2.38. The van der Waals surface area contributed by atoms with E-state index in [0.717, 1.165) is 47.7 Å². The quantitative estimate of drug-likeness (QED) is 0.724. The Morgan fingerprint density at radius 3 is 2.37 bits per heavy atom. The third-order valence-electron chi connectivity index (χ3n) is 5.62. The normalized spacial score (nSPS) is 19.0. The zero-order valence-electron chi connectivity index (χ0n) is 18.0. The van der Waals surface area contributed by atoms with Gasteiger partial charge in [0.1, 0.15) is 0 Å². The molecule has 1 amide bonds. The molecular weight excluding hydrogens is 376 g/mol. The molecule has 1 aliphatic heterocycles. The van der Waals surface area contributed by atoms with E-state index in [2.05, 4.69) is 31.3 Å². The monoisotopic (exact) mass is 404 g/mol. The Hall–Kier alpha value is -3.22. The number of hydrogen-bond donors (Lipinski definition) is 1. The lowest BCUT2D eigenvalue weighted by molar-refractivity contribution is 0.0925. The Bertz CT molecular complexity index is 1020. The topological polar surface area (TPSA) is 75.9 Å². The van der Waals surface area contributed by atoms with Crippen molar-refractivity contribution in [3.05, 3.63) is 70.8 Å². The van der Waals surface area contributed by atoms with Gasteiger partial charge in [-0.3, -0.25) is 9.48 Å². The number of nitrogens with one attached hydrogen (secondary N) is 1. The van der Waals surface area contributed by atoms with E-state index in [1.54, 1.807) is 4.68 Å². The number of aromatic nitrogens is 4. The summed E-state index contributed by atoms with van der Waals surface area (Å²) in [4.78, 5) is 24.2. The molecule has 0 bridgehead atoms. The lowest BCUT2D eigenvalue weighted by Crippen LogP contribution is -2.50. The van der Waals surface area contributed by atoms with E-state index in [-0.39, 0.29) is 17.9 Å². The highest BCUT2D eigenvalue weighted by molar-refractivity contribution is 5.94. The smallest absolute Gasteiger partial charge is 0.251 e. The summed E-state index contributed by atoms with van der Waals surface area (Å²) in [6.07, 6.45) is 8.41. The fourth-order valence-electron chi connectivity index (χ4n) is 4.18. The van der Waals surface area contributed by atoms with Crippen LogP contribution in [0.25, 0.3) is 0 Å². The Morgan fingerprint density at radius 2 is 1.73 bits per heavy atom. The average Bonchev–Trinajstić information content (AvgIpc) is 3.14. The van der Waals surface area contributed by atoms with Gasteiger partial charge in [0.15, 0.2) is 0 Å². The maximum absolute atomic E-state index is 13.0. The number of piperidine rings is 1. The van der Waals surface area contributed by atoms with Crippen LogP contribution in [-0.2, 0) is 7.05 Å². The number of aryl methyl sites for hydroxylation is 4. The second kappa shape index (κ2) is 8.26. The molecule has 1 fully saturated rings. The van der Waals surface area contributed by atoms with Gasteiger partial charge in [0.05, 0.1) is 6.20 Å². The van der Waals surface area contributed by atoms with Gasteiger partial charge in [-0.15, -0.1) is 0 Å². The molecule has 1 saturated heterocycles. The van der Waals surface area contributed by atoms with Crippen LogP contribution in [0.15, 0.2) is 43.0 Å². The SMILES string of the molecule is Cc1cnc(N2CC[C@H](NC(=O)c3cc(C)cc(C)c3)[C@H](c3cnn(C)c3)C2)nc1. The molecule has 0 spiro atoms. The number of amides is 1. The molecule has 0 saturated carbocycles. The van der Waals surface area contributed by atoms with Crippen LogP contribution in [0.4, 0.5) is 5.95 Å². The molecule has 1 aliphatic rings. The van der Waals surface area contributed by atoms with Crippen LogP contribution >= 0.6 is 0 Å². The molecule has 30 heavy (non-hydrogen) atoms. The Morgan fingerprint density at radius 1 is 1.03 bits per heavy atom. The molecule has 1 aromatic carbocycles. The zero-order chi connectivity index (χ0) is 21.3. The minimum absolute atomic E-state index is 0.0178. The van der Waals surface area contributed by atoms with Crippen LogP contribution in [0.2, 0.25) is 0 Å². The standard InChI is InChI=1S/C23H28N6O/c1-15-7-16(2)9-18(8-15)22(30)27-21-5-6-29(23-24-10-17(3)11-25-23)14-20(21)19-12-26-28(4)13-19/h7-13,20-21H,5-6,14H2,1-4H3,(H,27,30)/t20-,21-/m0/s1. The summed E-state index contributed by atoms with van der Waals surface area (Å²) in [7, 11) is 1.91. The average molecular weight is 405 g/mol. The van der Waals surface area contributed by atoms with Gasteiger partial charge in [-0.05, 0) is 50.5 Å². The maximum atomic E-state index is 13.0. The Kier molecular flexibility index (Phi) is 5.53. The first-order chi connectivity index (χ1) is 14.4. The zero-order valence-corrected chi connectivity index (χ0v) is 18.0. The number of nitrogens with zero attached hydrogens (tertiary/aromatic N) is 5. The van der Waals surface area contributed by atoms with Crippen LogP contribution in [0.5, 0.6) is 0 Å². The van der Waals surface area contributed by atoms with E-state index < -0.39 is 0 Å². The van der Waals surface area contributed by atoms with Gasteiger partial charge in [0.25, 0.3) is 5.91 Å². The summed E-state index contributed by atoms with van der Waals surface area (Å²) < 4.78 is 1.81. The van der Waals surface area contributed by atoms with Gasteiger partial charge in [-0.25, -0.2) is 9.97 Å². The Labute approximate surface area is 177 Å². The molecule has 0 aliphatic carbocycles. The van der Waals surface area contributed by atoms with Crippen molar-refractivity contribution in [1.82, 2.24) is 25.1 Å². The second-order valence-corrected chi connectivity index (χ2v) is 8.31. The molecule has 4 rings (SSSR count). The molecule has 0 radical (unpaired) electrons. The van der Waals surface area contributed by atoms with E-state index >= 15 is 0 Å². The number of carbonyl (C=O) groups is 1. The number of hydrogen-bond acceptors (Lipinski definition) is 5. The van der Waals surface area contributed by atoms with Crippen LogP contribution in [0.1, 0.15) is 45.0 Å². The van der Waals surface area contributed by atoms with Crippen molar-refractivity contribution in [2.24, 2.45) is 7.05 Å². The summed E-state index contributed by atoms with van der Waals surface area (Å²) in [5.41, 5.74) is 5.05. The predicted octanol–water partition coefficient (Wildman–Crippen LogP) is 2.93. The molecule has 156 valence electrons. The molecule has 2 aromatic heterocycles. The van der Waals surface area contributed by atoms with Gasteiger partial charge < -0.3 is 10.2 Å². The summed E-state index contributed by atoms with van der Waals surface area (Å²) in [5.74, 6) is 0.807. The summed E-state index contributed by atoms with van der Waals surface area (Å²) in [5, 5.41) is 7.64. The van der Waals surface area contributed by atoms with Crippen LogP contribution in [0, 0.1) is 20.8 Å². The summed E-state index contributed by atoms with van der Waals surface area (Å²) in [6, 6.07) is 5.98. The summed E-state index contributed by atoms with van der Waals surface area (Å²) in [6.45, 7) is 7.53. The maximum Gasteiger partial charge on any atom is 0.251 e. The summed E-state index contributed by atoms with van der Waals surface area (Å²) >= 11 is 0.